The van der Waals surface area contributed by atoms with E-state index in [2.05, 4.69) is 33.7 Å². The lowest BCUT2D eigenvalue weighted by molar-refractivity contribution is 0.139. The van der Waals surface area contributed by atoms with Gasteiger partial charge < -0.3 is 4.57 Å². The molecular weight excluding hydrogens is 260 g/mol. The second-order valence-corrected chi connectivity index (χ2v) is 6.12. The van der Waals surface area contributed by atoms with Crippen molar-refractivity contribution in [3.05, 3.63) is 69.6 Å². The van der Waals surface area contributed by atoms with Gasteiger partial charge in [-0.15, -0.1) is 0 Å². The third kappa shape index (κ3) is 2.32. The second-order valence-electron chi connectivity index (χ2n) is 6.12. The van der Waals surface area contributed by atoms with Crippen LogP contribution < -0.4 is 5.43 Å². The fourth-order valence-electron chi connectivity index (χ4n) is 3.81. The summed E-state index contributed by atoms with van der Waals surface area (Å²) >= 11 is 0. The number of hydrogen-bond acceptors (Lipinski definition) is 2. The van der Waals surface area contributed by atoms with Gasteiger partial charge >= 0.3 is 0 Å². The Balaban J connectivity index is 1.66. The lowest BCUT2D eigenvalue weighted by Gasteiger charge is -2.39. The fourth-order valence-corrected chi connectivity index (χ4v) is 3.81. The van der Waals surface area contributed by atoms with Crippen LogP contribution in [0.5, 0.6) is 0 Å². The van der Waals surface area contributed by atoms with E-state index in [1.165, 1.54) is 30.4 Å². The summed E-state index contributed by atoms with van der Waals surface area (Å²) in [5, 5.41) is 0. The number of fused-ring (bicyclic) bond motifs is 2. The van der Waals surface area contributed by atoms with Crippen molar-refractivity contribution in [2.45, 2.75) is 38.4 Å². The summed E-state index contributed by atoms with van der Waals surface area (Å²) in [6, 6.07) is 12.8. The molecule has 0 spiro atoms. The molecule has 108 valence electrons. The van der Waals surface area contributed by atoms with Crippen molar-refractivity contribution >= 4 is 0 Å². The van der Waals surface area contributed by atoms with Crippen LogP contribution in [-0.2, 0) is 19.5 Å². The number of aromatic nitrogens is 1. The standard InChI is InChI=1S/C18H20N2O/c21-16-8-9-19-10-11-20(13-15(19)12-16)18-7-3-5-14-4-1-2-6-17(14)18/h1-2,4,6,8-9,12,18H,3,5,7,10-11,13H2. The lowest BCUT2D eigenvalue weighted by atomic mass is 9.86. The van der Waals surface area contributed by atoms with Crippen molar-refractivity contribution in [2.75, 3.05) is 6.54 Å². The number of nitrogens with zero attached hydrogens (tertiary/aromatic N) is 2. The summed E-state index contributed by atoms with van der Waals surface area (Å²) in [5.74, 6) is 0. The highest BCUT2D eigenvalue weighted by atomic mass is 16.1. The van der Waals surface area contributed by atoms with Gasteiger partial charge in [-0.05, 0) is 30.4 Å². The molecule has 0 saturated carbocycles. The van der Waals surface area contributed by atoms with Crippen molar-refractivity contribution in [3.8, 4) is 0 Å². The maximum Gasteiger partial charge on any atom is 0.181 e. The molecule has 0 radical (unpaired) electrons. The zero-order valence-corrected chi connectivity index (χ0v) is 12.2. The normalized spacial score (nSPS) is 21.6. The van der Waals surface area contributed by atoms with Gasteiger partial charge in [0.2, 0.25) is 0 Å². The minimum atomic E-state index is 0.118. The molecule has 21 heavy (non-hydrogen) atoms. The van der Waals surface area contributed by atoms with Crippen LogP contribution in [-0.4, -0.2) is 16.0 Å². The van der Waals surface area contributed by atoms with E-state index in [9.17, 15) is 4.79 Å². The molecule has 0 N–H and O–H groups in total. The third-order valence-electron chi connectivity index (χ3n) is 4.87. The predicted molar refractivity (Wildman–Crippen MR) is 83.2 cm³/mol. The van der Waals surface area contributed by atoms with Gasteiger partial charge in [0.1, 0.15) is 0 Å². The largest absolute Gasteiger partial charge is 0.349 e. The molecule has 1 aliphatic carbocycles. The zero-order chi connectivity index (χ0) is 14.2. The number of benzene rings is 1. The first-order valence-electron chi connectivity index (χ1n) is 7.82. The van der Waals surface area contributed by atoms with Crippen LogP contribution in [0.15, 0.2) is 47.4 Å². The van der Waals surface area contributed by atoms with Crippen molar-refractivity contribution in [1.82, 2.24) is 9.47 Å². The minimum absolute atomic E-state index is 0.118. The third-order valence-corrected chi connectivity index (χ3v) is 4.87. The molecule has 0 bridgehead atoms. The smallest absolute Gasteiger partial charge is 0.181 e. The molecule has 0 amide bonds. The Morgan fingerprint density at radius 3 is 2.95 bits per heavy atom. The highest BCUT2D eigenvalue weighted by Gasteiger charge is 2.28. The first-order chi connectivity index (χ1) is 10.3. The molecule has 2 aromatic rings. The highest BCUT2D eigenvalue weighted by molar-refractivity contribution is 5.32. The van der Waals surface area contributed by atoms with E-state index < -0.39 is 0 Å². The zero-order valence-electron chi connectivity index (χ0n) is 12.2. The average molecular weight is 280 g/mol. The summed E-state index contributed by atoms with van der Waals surface area (Å²) in [4.78, 5) is 14.1. The van der Waals surface area contributed by atoms with Gasteiger partial charge in [0.05, 0.1) is 0 Å². The molecule has 2 aliphatic rings. The summed E-state index contributed by atoms with van der Waals surface area (Å²) < 4.78 is 2.21. The summed E-state index contributed by atoms with van der Waals surface area (Å²) in [6.45, 7) is 2.93. The van der Waals surface area contributed by atoms with E-state index in [1.54, 1.807) is 12.1 Å². The number of hydrogen-bond donors (Lipinski definition) is 0. The predicted octanol–water partition coefficient (Wildman–Crippen LogP) is 2.74. The van der Waals surface area contributed by atoms with Crippen molar-refractivity contribution in [3.63, 3.8) is 0 Å². The van der Waals surface area contributed by atoms with Crippen LogP contribution in [0.25, 0.3) is 0 Å². The van der Waals surface area contributed by atoms with Crippen LogP contribution in [0.1, 0.15) is 35.7 Å². The van der Waals surface area contributed by atoms with Crippen LogP contribution in [0, 0.1) is 0 Å². The summed E-state index contributed by atoms with van der Waals surface area (Å²) in [7, 11) is 0. The Hall–Kier alpha value is -1.87. The topological polar surface area (TPSA) is 25.2 Å². The number of aryl methyl sites for hydroxylation is 1. The summed E-state index contributed by atoms with van der Waals surface area (Å²) in [5.41, 5.74) is 4.27. The van der Waals surface area contributed by atoms with Gasteiger partial charge in [-0.1, -0.05) is 24.3 Å². The van der Waals surface area contributed by atoms with Crippen molar-refractivity contribution in [2.24, 2.45) is 0 Å². The van der Waals surface area contributed by atoms with Gasteiger partial charge in [0, 0.05) is 49.7 Å². The van der Waals surface area contributed by atoms with E-state index in [0.29, 0.717) is 6.04 Å². The Labute approximate surface area is 124 Å². The van der Waals surface area contributed by atoms with Crippen molar-refractivity contribution < 1.29 is 0 Å². The Bertz CT molecular complexity index is 719. The maximum atomic E-state index is 11.6. The van der Waals surface area contributed by atoms with Gasteiger partial charge in [0.15, 0.2) is 5.43 Å². The molecule has 0 fully saturated rings. The average Bonchev–Trinajstić information content (AvgIpc) is 2.53. The van der Waals surface area contributed by atoms with Gasteiger partial charge in [0.25, 0.3) is 0 Å². The Morgan fingerprint density at radius 1 is 1.10 bits per heavy atom. The van der Waals surface area contributed by atoms with Crippen LogP contribution in [0.4, 0.5) is 0 Å². The van der Waals surface area contributed by atoms with E-state index in [-0.39, 0.29) is 5.43 Å². The molecule has 4 rings (SSSR count). The fraction of sp³-hybridized carbons (Fsp3) is 0.389. The van der Waals surface area contributed by atoms with Gasteiger partial charge in [-0.25, -0.2) is 0 Å². The lowest BCUT2D eigenvalue weighted by Crippen LogP contribution is -2.38. The molecular formula is C18H20N2O. The second kappa shape index (κ2) is 5.15. The Morgan fingerprint density at radius 2 is 2.00 bits per heavy atom. The Kier molecular flexibility index (Phi) is 3.15. The minimum Gasteiger partial charge on any atom is -0.349 e. The van der Waals surface area contributed by atoms with Crippen LogP contribution in [0.3, 0.4) is 0 Å². The maximum absolute atomic E-state index is 11.6. The molecule has 0 saturated heterocycles. The molecule has 3 heteroatoms. The van der Waals surface area contributed by atoms with Gasteiger partial charge in [-0.2, -0.15) is 0 Å². The summed E-state index contributed by atoms with van der Waals surface area (Å²) in [6.07, 6.45) is 5.63. The molecule has 1 aromatic carbocycles. The first kappa shape index (κ1) is 12.8. The van der Waals surface area contributed by atoms with Crippen LogP contribution in [0.2, 0.25) is 0 Å². The van der Waals surface area contributed by atoms with E-state index in [1.807, 2.05) is 6.20 Å². The van der Waals surface area contributed by atoms with Crippen molar-refractivity contribution in [1.29, 1.82) is 0 Å². The van der Waals surface area contributed by atoms with E-state index >= 15 is 0 Å². The quantitative estimate of drug-likeness (QED) is 0.802. The monoisotopic (exact) mass is 280 g/mol. The molecule has 2 heterocycles. The molecule has 1 aromatic heterocycles. The SMILES string of the molecule is O=c1ccn2c(c1)CN(C1CCCc3ccccc31)CC2. The number of pyridine rings is 1. The molecule has 1 aliphatic heterocycles. The number of rotatable bonds is 1. The molecule has 1 atom stereocenters. The molecule has 1 unspecified atom stereocenters. The highest BCUT2D eigenvalue weighted by Crippen LogP contribution is 2.35. The van der Waals surface area contributed by atoms with E-state index in [4.69, 9.17) is 0 Å². The van der Waals surface area contributed by atoms with Gasteiger partial charge in [-0.3, -0.25) is 9.69 Å². The molecule has 3 nitrogen and oxygen atoms in total. The van der Waals surface area contributed by atoms with E-state index in [0.717, 1.165) is 25.3 Å². The first-order valence-corrected chi connectivity index (χ1v) is 7.82. The van der Waals surface area contributed by atoms with Crippen LogP contribution >= 0.6 is 0 Å².